The lowest BCUT2D eigenvalue weighted by Gasteiger charge is -2.18. The van der Waals surface area contributed by atoms with Gasteiger partial charge in [-0.1, -0.05) is 412 Å². The number of carbonyl (C=O) groups is 3. The summed E-state index contributed by atoms with van der Waals surface area (Å²) in [5.41, 5.74) is 0. The first kappa shape index (κ1) is 80.4. The maximum atomic E-state index is 13.0. The third kappa shape index (κ3) is 69.2. The zero-order valence-corrected chi connectivity index (χ0v) is 56.3. The molecule has 0 rings (SSSR count). The third-order valence-electron chi connectivity index (χ3n) is 17.9. The highest BCUT2D eigenvalue weighted by Crippen LogP contribution is 2.20. The van der Waals surface area contributed by atoms with Crippen LogP contribution in [0.1, 0.15) is 451 Å². The molecule has 488 valence electrons. The minimum absolute atomic E-state index is 0.0599. The van der Waals surface area contributed by atoms with Gasteiger partial charge in [-0.05, 0) is 19.3 Å². The molecular weight excluding hydrogens is 1010 g/mol. The van der Waals surface area contributed by atoms with E-state index in [-0.39, 0.29) is 31.1 Å². The van der Waals surface area contributed by atoms with Crippen LogP contribution in [0.5, 0.6) is 0 Å². The Hall–Kier alpha value is -1.59. The number of esters is 3. The largest absolute Gasteiger partial charge is 0.462 e. The zero-order valence-electron chi connectivity index (χ0n) is 56.3. The van der Waals surface area contributed by atoms with E-state index in [1.807, 2.05) is 0 Å². The molecular formula is C76H148O6. The molecule has 0 aliphatic carbocycles. The first-order valence-electron chi connectivity index (χ1n) is 38.0. The van der Waals surface area contributed by atoms with Gasteiger partial charge < -0.3 is 14.2 Å². The fraction of sp³-hybridized carbons (Fsp3) is 0.961. The van der Waals surface area contributed by atoms with Crippen molar-refractivity contribution in [1.29, 1.82) is 0 Å². The van der Waals surface area contributed by atoms with E-state index in [9.17, 15) is 14.4 Å². The summed E-state index contributed by atoms with van der Waals surface area (Å²) >= 11 is 0. The predicted octanol–water partition coefficient (Wildman–Crippen LogP) is 26.2. The van der Waals surface area contributed by atoms with Gasteiger partial charge in [0.2, 0.25) is 0 Å². The van der Waals surface area contributed by atoms with E-state index in [1.54, 1.807) is 0 Å². The van der Waals surface area contributed by atoms with Crippen molar-refractivity contribution in [2.24, 2.45) is 0 Å². The summed E-state index contributed by atoms with van der Waals surface area (Å²) in [4.78, 5) is 38.5. The summed E-state index contributed by atoms with van der Waals surface area (Å²) in [6.07, 6.45) is 85.8. The molecule has 82 heavy (non-hydrogen) atoms. The molecule has 1 atom stereocenters. The summed E-state index contributed by atoms with van der Waals surface area (Å²) in [6.45, 7) is 6.76. The molecule has 0 aromatic rings. The van der Waals surface area contributed by atoms with Crippen molar-refractivity contribution in [2.75, 3.05) is 13.2 Å². The standard InChI is InChI=1S/C76H148O6/c1-4-7-10-13-16-19-22-25-28-31-32-33-34-35-36-37-38-39-40-41-42-43-46-48-51-54-57-60-63-66-69-75(78)81-72-73(82-76(79)70-67-64-61-58-55-52-49-45-30-27-24-21-18-15-12-9-6-3)71-80-74(77)68-65-62-59-56-53-50-47-44-29-26-23-20-17-14-11-8-5-2/h73H,4-72H2,1-3H3. The number of rotatable bonds is 72. The van der Waals surface area contributed by atoms with Crippen LogP contribution in [0.4, 0.5) is 0 Å². The molecule has 0 bridgehead atoms. The first-order valence-corrected chi connectivity index (χ1v) is 38.0. The Labute approximate surface area is 514 Å². The van der Waals surface area contributed by atoms with Gasteiger partial charge in [0.05, 0.1) is 0 Å². The molecule has 0 fully saturated rings. The van der Waals surface area contributed by atoms with Crippen molar-refractivity contribution in [2.45, 2.75) is 457 Å². The summed E-state index contributed by atoms with van der Waals surface area (Å²) in [5.74, 6) is -0.816. The fourth-order valence-electron chi connectivity index (χ4n) is 12.2. The lowest BCUT2D eigenvalue weighted by Crippen LogP contribution is -2.30. The van der Waals surface area contributed by atoms with E-state index in [2.05, 4.69) is 20.8 Å². The van der Waals surface area contributed by atoms with Crippen LogP contribution in [0, 0.1) is 0 Å². The molecule has 0 aromatic carbocycles. The Bertz CT molecular complexity index is 1240. The molecule has 1 unspecified atom stereocenters. The second-order valence-electron chi connectivity index (χ2n) is 26.3. The first-order chi connectivity index (χ1) is 40.5. The highest BCUT2D eigenvalue weighted by molar-refractivity contribution is 5.71. The molecule has 0 heterocycles. The van der Waals surface area contributed by atoms with Crippen molar-refractivity contribution >= 4 is 17.9 Å². The van der Waals surface area contributed by atoms with Crippen LogP contribution in [0.2, 0.25) is 0 Å². The van der Waals surface area contributed by atoms with Crippen LogP contribution in [0.3, 0.4) is 0 Å². The van der Waals surface area contributed by atoms with E-state index < -0.39 is 6.10 Å². The van der Waals surface area contributed by atoms with Gasteiger partial charge in [0.25, 0.3) is 0 Å². The predicted molar refractivity (Wildman–Crippen MR) is 358 cm³/mol. The Kier molecular flexibility index (Phi) is 70.5. The Morgan fingerprint density at radius 1 is 0.195 bits per heavy atom. The van der Waals surface area contributed by atoms with E-state index >= 15 is 0 Å². The Morgan fingerprint density at radius 3 is 0.488 bits per heavy atom. The van der Waals surface area contributed by atoms with Crippen LogP contribution >= 0.6 is 0 Å². The van der Waals surface area contributed by atoms with Gasteiger partial charge in [0.1, 0.15) is 13.2 Å². The topological polar surface area (TPSA) is 78.9 Å². The van der Waals surface area contributed by atoms with Gasteiger partial charge in [-0.15, -0.1) is 0 Å². The Morgan fingerprint density at radius 2 is 0.329 bits per heavy atom. The van der Waals surface area contributed by atoms with Crippen molar-refractivity contribution in [3.05, 3.63) is 0 Å². The molecule has 6 heteroatoms. The minimum Gasteiger partial charge on any atom is -0.462 e. The van der Waals surface area contributed by atoms with Crippen molar-refractivity contribution in [3.8, 4) is 0 Å². The maximum Gasteiger partial charge on any atom is 0.306 e. The normalized spacial score (nSPS) is 11.9. The van der Waals surface area contributed by atoms with Gasteiger partial charge in [0, 0.05) is 19.3 Å². The molecule has 0 saturated heterocycles. The molecule has 0 amide bonds. The van der Waals surface area contributed by atoms with Gasteiger partial charge in [-0.2, -0.15) is 0 Å². The van der Waals surface area contributed by atoms with Crippen LogP contribution in [-0.2, 0) is 28.6 Å². The van der Waals surface area contributed by atoms with Gasteiger partial charge in [0.15, 0.2) is 6.10 Å². The van der Waals surface area contributed by atoms with Crippen LogP contribution in [-0.4, -0.2) is 37.2 Å². The summed E-state index contributed by atoms with van der Waals surface area (Å²) in [6, 6.07) is 0. The molecule has 0 radical (unpaired) electrons. The average molecular weight is 1160 g/mol. The SMILES string of the molecule is CCCCCCCCCCCCCCCCCCCCCCCCCCCCCCCCC(=O)OCC(COC(=O)CCCCCCCCCCCCCCCCCCC)OC(=O)CCCCCCCCCCCCCCCCCCC. The third-order valence-corrected chi connectivity index (χ3v) is 17.9. The number of hydrogen-bond donors (Lipinski definition) is 0. The van der Waals surface area contributed by atoms with Gasteiger partial charge >= 0.3 is 17.9 Å². The van der Waals surface area contributed by atoms with E-state index in [4.69, 9.17) is 14.2 Å². The second-order valence-corrected chi connectivity index (χ2v) is 26.3. The number of unbranched alkanes of at least 4 members (excludes halogenated alkanes) is 61. The quantitative estimate of drug-likeness (QED) is 0.0343. The molecule has 0 aromatic heterocycles. The summed E-state index contributed by atoms with van der Waals surface area (Å²) < 4.78 is 17.0. The monoisotopic (exact) mass is 1160 g/mol. The van der Waals surface area contributed by atoms with E-state index in [0.717, 1.165) is 57.8 Å². The number of carbonyl (C=O) groups excluding carboxylic acids is 3. The highest BCUT2D eigenvalue weighted by atomic mass is 16.6. The number of ether oxygens (including phenoxy) is 3. The lowest BCUT2D eigenvalue weighted by molar-refractivity contribution is -0.167. The molecule has 0 N–H and O–H groups in total. The van der Waals surface area contributed by atoms with E-state index in [1.165, 1.54) is 353 Å². The minimum atomic E-state index is -0.764. The molecule has 0 aliphatic rings. The Balaban J connectivity index is 4.15. The molecule has 6 nitrogen and oxygen atoms in total. The van der Waals surface area contributed by atoms with E-state index in [0.29, 0.717) is 19.3 Å². The molecule has 0 aliphatic heterocycles. The van der Waals surface area contributed by atoms with Crippen molar-refractivity contribution in [3.63, 3.8) is 0 Å². The fourth-order valence-corrected chi connectivity index (χ4v) is 12.2. The molecule has 0 spiro atoms. The second kappa shape index (κ2) is 71.9. The van der Waals surface area contributed by atoms with Crippen molar-refractivity contribution in [1.82, 2.24) is 0 Å². The van der Waals surface area contributed by atoms with Crippen LogP contribution < -0.4 is 0 Å². The maximum absolute atomic E-state index is 13.0. The van der Waals surface area contributed by atoms with Crippen LogP contribution in [0.25, 0.3) is 0 Å². The van der Waals surface area contributed by atoms with Gasteiger partial charge in [-0.3, -0.25) is 14.4 Å². The van der Waals surface area contributed by atoms with Gasteiger partial charge in [-0.25, -0.2) is 0 Å². The summed E-state index contributed by atoms with van der Waals surface area (Å²) in [5, 5.41) is 0. The van der Waals surface area contributed by atoms with Crippen molar-refractivity contribution < 1.29 is 28.6 Å². The highest BCUT2D eigenvalue weighted by Gasteiger charge is 2.20. The summed E-state index contributed by atoms with van der Waals surface area (Å²) in [7, 11) is 0. The smallest absolute Gasteiger partial charge is 0.306 e. The lowest BCUT2D eigenvalue weighted by atomic mass is 10.0. The van der Waals surface area contributed by atoms with Crippen LogP contribution in [0.15, 0.2) is 0 Å². The zero-order chi connectivity index (χ0) is 59.2. The number of hydrogen-bond acceptors (Lipinski definition) is 6. The average Bonchev–Trinajstić information content (AvgIpc) is 3.47. The molecule has 0 saturated carbocycles.